The van der Waals surface area contributed by atoms with Gasteiger partial charge in [0, 0.05) is 16.7 Å². The van der Waals surface area contributed by atoms with E-state index in [1.54, 1.807) is 0 Å². The van der Waals surface area contributed by atoms with E-state index in [4.69, 9.17) is 21.1 Å². The number of halogens is 4. The van der Waals surface area contributed by atoms with Gasteiger partial charge in [-0.15, -0.1) is 0 Å². The van der Waals surface area contributed by atoms with Gasteiger partial charge in [-0.05, 0) is 6.07 Å². The van der Waals surface area contributed by atoms with Crippen molar-refractivity contribution in [1.82, 2.24) is 0 Å². The summed E-state index contributed by atoms with van der Waals surface area (Å²) in [6, 6.07) is 2.96. The Hall–Kier alpha value is -1.18. The highest BCUT2D eigenvalue weighted by atomic mass is 35.5. The molecular formula is C12H14ClF3O4. The van der Waals surface area contributed by atoms with E-state index in [9.17, 15) is 18.3 Å². The van der Waals surface area contributed by atoms with Crippen molar-refractivity contribution in [3.8, 4) is 11.5 Å². The van der Waals surface area contributed by atoms with Crippen LogP contribution in [0.2, 0.25) is 5.02 Å². The van der Waals surface area contributed by atoms with Crippen molar-refractivity contribution in [3.05, 3.63) is 22.7 Å². The van der Waals surface area contributed by atoms with E-state index in [0.717, 1.165) is 0 Å². The summed E-state index contributed by atoms with van der Waals surface area (Å²) in [7, 11) is 1.39. The molecule has 0 aliphatic heterocycles. The summed E-state index contributed by atoms with van der Waals surface area (Å²) in [5, 5.41) is 9.55. The number of ether oxygens (including phenoxy) is 3. The molecule has 0 atom stereocenters. The standard InChI is InChI=1S/C12H14ClF3O4/c1-18-10-5-9(13)4-8(6-17)11(10)20-3-2-19-7-12(14,15)16/h4-5,17H,2-3,6-7H2,1H3. The van der Waals surface area contributed by atoms with Crippen molar-refractivity contribution in [2.24, 2.45) is 0 Å². The Kier molecular flexibility index (Phi) is 6.38. The second-order valence-electron chi connectivity index (χ2n) is 3.77. The zero-order chi connectivity index (χ0) is 15.2. The molecule has 0 aliphatic carbocycles. The molecule has 0 amide bonds. The average molecular weight is 315 g/mol. The molecule has 114 valence electrons. The molecule has 1 aromatic carbocycles. The summed E-state index contributed by atoms with van der Waals surface area (Å²) < 4.78 is 50.3. The lowest BCUT2D eigenvalue weighted by atomic mass is 10.2. The Morgan fingerprint density at radius 3 is 2.50 bits per heavy atom. The van der Waals surface area contributed by atoms with Gasteiger partial charge in [0.05, 0.1) is 20.3 Å². The number of hydrogen-bond acceptors (Lipinski definition) is 4. The van der Waals surface area contributed by atoms with Crippen molar-refractivity contribution >= 4 is 11.6 Å². The van der Waals surface area contributed by atoms with Crippen LogP contribution in [0.3, 0.4) is 0 Å². The molecule has 0 unspecified atom stereocenters. The summed E-state index contributed by atoms with van der Waals surface area (Å²) >= 11 is 5.82. The van der Waals surface area contributed by atoms with E-state index in [-0.39, 0.29) is 31.3 Å². The summed E-state index contributed by atoms with van der Waals surface area (Å²) in [6.07, 6.45) is -4.37. The smallest absolute Gasteiger partial charge is 0.411 e. The molecule has 0 radical (unpaired) electrons. The molecule has 0 aliphatic rings. The molecular weight excluding hydrogens is 301 g/mol. The average Bonchev–Trinajstić information content (AvgIpc) is 2.37. The van der Waals surface area contributed by atoms with E-state index < -0.39 is 12.8 Å². The SMILES string of the molecule is COc1cc(Cl)cc(CO)c1OCCOCC(F)(F)F. The van der Waals surface area contributed by atoms with Crippen LogP contribution in [0.15, 0.2) is 12.1 Å². The minimum Gasteiger partial charge on any atom is -0.493 e. The highest BCUT2D eigenvalue weighted by molar-refractivity contribution is 6.30. The fourth-order valence-electron chi connectivity index (χ4n) is 1.45. The third kappa shape index (κ3) is 5.44. The Labute approximate surface area is 119 Å². The summed E-state index contributed by atoms with van der Waals surface area (Å²) in [6.45, 7) is -2.02. The third-order valence-corrected chi connectivity index (χ3v) is 2.44. The van der Waals surface area contributed by atoms with E-state index >= 15 is 0 Å². The van der Waals surface area contributed by atoms with Crippen LogP contribution in [0.4, 0.5) is 13.2 Å². The maximum atomic E-state index is 11.9. The molecule has 8 heteroatoms. The Bertz CT molecular complexity index is 412. The summed E-state index contributed by atoms with van der Waals surface area (Å²) in [5.41, 5.74) is 0.380. The van der Waals surface area contributed by atoms with Gasteiger partial charge in [-0.3, -0.25) is 0 Å². The van der Waals surface area contributed by atoms with Gasteiger partial charge in [-0.2, -0.15) is 13.2 Å². The van der Waals surface area contributed by atoms with Crippen LogP contribution in [0.1, 0.15) is 5.56 Å². The first-order valence-electron chi connectivity index (χ1n) is 5.62. The Balaban J connectivity index is 2.59. The highest BCUT2D eigenvalue weighted by Crippen LogP contribution is 2.34. The van der Waals surface area contributed by atoms with E-state index in [1.165, 1.54) is 19.2 Å². The quantitative estimate of drug-likeness (QED) is 0.786. The molecule has 0 aromatic heterocycles. The monoisotopic (exact) mass is 314 g/mol. The van der Waals surface area contributed by atoms with E-state index in [0.29, 0.717) is 10.6 Å². The van der Waals surface area contributed by atoms with Gasteiger partial charge in [0.25, 0.3) is 0 Å². The summed E-state index contributed by atoms with van der Waals surface area (Å²) in [4.78, 5) is 0. The van der Waals surface area contributed by atoms with Gasteiger partial charge >= 0.3 is 6.18 Å². The lowest BCUT2D eigenvalue weighted by molar-refractivity contribution is -0.175. The Morgan fingerprint density at radius 1 is 1.25 bits per heavy atom. The third-order valence-electron chi connectivity index (χ3n) is 2.23. The topological polar surface area (TPSA) is 47.9 Å². The molecule has 0 heterocycles. The van der Waals surface area contributed by atoms with Crippen LogP contribution in [0.5, 0.6) is 11.5 Å². The maximum Gasteiger partial charge on any atom is 0.411 e. The number of rotatable bonds is 7. The molecule has 4 nitrogen and oxygen atoms in total. The number of hydrogen-bond donors (Lipinski definition) is 1. The maximum absolute atomic E-state index is 11.9. The first kappa shape index (κ1) is 16.9. The first-order chi connectivity index (χ1) is 9.37. The molecule has 0 saturated carbocycles. The van der Waals surface area contributed by atoms with Gasteiger partial charge in [0.1, 0.15) is 13.2 Å². The molecule has 20 heavy (non-hydrogen) atoms. The predicted octanol–water partition coefficient (Wildman–Crippen LogP) is 2.80. The van der Waals surface area contributed by atoms with E-state index in [2.05, 4.69) is 4.74 Å². The van der Waals surface area contributed by atoms with E-state index in [1.807, 2.05) is 0 Å². The largest absolute Gasteiger partial charge is 0.493 e. The number of aliphatic hydroxyl groups excluding tert-OH is 1. The predicted molar refractivity (Wildman–Crippen MR) is 66.3 cm³/mol. The van der Waals surface area contributed by atoms with Crippen molar-refractivity contribution < 1.29 is 32.5 Å². The molecule has 1 aromatic rings. The van der Waals surface area contributed by atoms with Crippen molar-refractivity contribution in [1.29, 1.82) is 0 Å². The summed E-state index contributed by atoms with van der Waals surface area (Å²) in [5.74, 6) is 0.521. The van der Waals surface area contributed by atoms with Gasteiger partial charge in [-0.1, -0.05) is 11.6 Å². The second-order valence-corrected chi connectivity index (χ2v) is 4.21. The normalized spacial score (nSPS) is 11.5. The van der Waals surface area contributed by atoms with Crippen LogP contribution in [-0.4, -0.2) is 38.2 Å². The number of alkyl halides is 3. The molecule has 0 saturated heterocycles. The fraction of sp³-hybridized carbons (Fsp3) is 0.500. The number of methoxy groups -OCH3 is 1. The van der Waals surface area contributed by atoms with Crippen LogP contribution in [0, 0.1) is 0 Å². The van der Waals surface area contributed by atoms with Crippen LogP contribution >= 0.6 is 11.6 Å². The van der Waals surface area contributed by atoms with Gasteiger partial charge in [-0.25, -0.2) is 0 Å². The Morgan fingerprint density at radius 2 is 1.95 bits per heavy atom. The van der Waals surface area contributed by atoms with Crippen LogP contribution in [0.25, 0.3) is 0 Å². The minimum absolute atomic E-state index is 0.110. The van der Waals surface area contributed by atoms with Gasteiger partial charge in [0.15, 0.2) is 11.5 Å². The molecule has 0 fully saturated rings. The van der Waals surface area contributed by atoms with Gasteiger partial charge < -0.3 is 19.3 Å². The fourth-order valence-corrected chi connectivity index (χ4v) is 1.68. The highest BCUT2D eigenvalue weighted by Gasteiger charge is 2.27. The number of benzene rings is 1. The lowest BCUT2D eigenvalue weighted by Gasteiger charge is -2.15. The second kappa shape index (κ2) is 7.56. The van der Waals surface area contributed by atoms with Gasteiger partial charge in [0.2, 0.25) is 0 Å². The zero-order valence-corrected chi connectivity index (χ0v) is 11.4. The van der Waals surface area contributed by atoms with Crippen molar-refractivity contribution in [3.63, 3.8) is 0 Å². The molecule has 1 rings (SSSR count). The number of aliphatic hydroxyl groups is 1. The van der Waals surface area contributed by atoms with Crippen molar-refractivity contribution in [2.75, 3.05) is 26.9 Å². The van der Waals surface area contributed by atoms with Crippen LogP contribution < -0.4 is 9.47 Å². The molecule has 1 N–H and O–H groups in total. The molecule has 0 bridgehead atoms. The first-order valence-corrected chi connectivity index (χ1v) is 5.99. The zero-order valence-electron chi connectivity index (χ0n) is 10.7. The lowest BCUT2D eigenvalue weighted by Crippen LogP contribution is -2.19. The molecule has 0 spiro atoms. The van der Waals surface area contributed by atoms with Crippen molar-refractivity contribution in [2.45, 2.75) is 12.8 Å². The minimum atomic E-state index is -4.37. The van der Waals surface area contributed by atoms with Crippen LogP contribution in [-0.2, 0) is 11.3 Å².